The maximum absolute atomic E-state index is 3.70. The number of hydrogen-bond donors (Lipinski definition) is 1. The summed E-state index contributed by atoms with van der Waals surface area (Å²) in [6, 6.07) is 6.77. The zero-order chi connectivity index (χ0) is 13.0. The minimum atomic E-state index is 0.596. The third kappa shape index (κ3) is 3.14. The van der Waals surface area contributed by atoms with E-state index in [1.807, 2.05) is 0 Å². The van der Waals surface area contributed by atoms with Gasteiger partial charge in [0.15, 0.2) is 0 Å². The highest BCUT2D eigenvalue weighted by atomic mass is 14.9. The van der Waals surface area contributed by atoms with E-state index in [1.54, 1.807) is 0 Å². The Balaban J connectivity index is 1.88. The second kappa shape index (κ2) is 5.88. The van der Waals surface area contributed by atoms with Crippen molar-refractivity contribution in [2.45, 2.75) is 59.4 Å². The average molecular weight is 245 g/mol. The Bertz CT molecular complexity index is 389. The van der Waals surface area contributed by atoms with Crippen molar-refractivity contribution >= 4 is 0 Å². The maximum Gasteiger partial charge on any atom is 0.0208 e. The lowest BCUT2D eigenvalue weighted by Gasteiger charge is -2.28. The highest BCUT2D eigenvalue weighted by molar-refractivity contribution is 5.30. The molecule has 0 bridgehead atoms. The SMILES string of the molecule is CCC1(CNCc2ccc(C)cc2C)CCCC1. The van der Waals surface area contributed by atoms with Gasteiger partial charge in [-0.1, -0.05) is 43.5 Å². The Kier molecular flexibility index (Phi) is 4.45. The molecule has 18 heavy (non-hydrogen) atoms. The predicted molar refractivity (Wildman–Crippen MR) is 78.8 cm³/mol. The van der Waals surface area contributed by atoms with E-state index in [-0.39, 0.29) is 0 Å². The van der Waals surface area contributed by atoms with Crippen LogP contribution in [-0.2, 0) is 6.54 Å². The number of hydrogen-bond acceptors (Lipinski definition) is 1. The first-order valence-corrected chi connectivity index (χ1v) is 7.42. The third-order valence-corrected chi connectivity index (χ3v) is 4.73. The van der Waals surface area contributed by atoms with Crippen molar-refractivity contribution in [1.29, 1.82) is 0 Å². The second-order valence-corrected chi connectivity index (χ2v) is 6.09. The van der Waals surface area contributed by atoms with Crippen LogP contribution in [0.1, 0.15) is 55.7 Å². The van der Waals surface area contributed by atoms with Gasteiger partial charge in [0, 0.05) is 13.1 Å². The van der Waals surface area contributed by atoms with Gasteiger partial charge in [-0.25, -0.2) is 0 Å². The molecule has 0 saturated heterocycles. The zero-order valence-corrected chi connectivity index (χ0v) is 12.2. The van der Waals surface area contributed by atoms with Gasteiger partial charge in [0.1, 0.15) is 0 Å². The first-order valence-electron chi connectivity index (χ1n) is 7.42. The summed E-state index contributed by atoms with van der Waals surface area (Å²) >= 11 is 0. The fourth-order valence-corrected chi connectivity index (χ4v) is 3.29. The molecule has 1 saturated carbocycles. The smallest absolute Gasteiger partial charge is 0.0208 e. The largest absolute Gasteiger partial charge is 0.312 e. The molecule has 1 fully saturated rings. The minimum absolute atomic E-state index is 0.596. The van der Waals surface area contributed by atoms with Gasteiger partial charge in [-0.2, -0.15) is 0 Å². The fraction of sp³-hybridized carbons (Fsp3) is 0.647. The van der Waals surface area contributed by atoms with Gasteiger partial charge < -0.3 is 5.32 Å². The monoisotopic (exact) mass is 245 g/mol. The van der Waals surface area contributed by atoms with E-state index in [0.717, 1.165) is 6.54 Å². The summed E-state index contributed by atoms with van der Waals surface area (Å²) in [5.41, 5.74) is 4.82. The number of rotatable bonds is 5. The number of benzene rings is 1. The number of aryl methyl sites for hydroxylation is 2. The lowest BCUT2D eigenvalue weighted by Crippen LogP contribution is -2.31. The number of nitrogens with one attached hydrogen (secondary N) is 1. The molecule has 0 aromatic heterocycles. The van der Waals surface area contributed by atoms with E-state index >= 15 is 0 Å². The summed E-state index contributed by atoms with van der Waals surface area (Å²) in [7, 11) is 0. The van der Waals surface area contributed by atoms with Crippen molar-refractivity contribution in [3.05, 3.63) is 34.9 Å². The molecule has 1 N–H and O–H groups in total. The van der Waals surface area contributed by atoms with Crippen LogP contribution in [0.15, 0.2) is 18.2 Å². The quantitative estimate of drug-likeness (QED) is 0.812. The van der Waals surface area contributed by atoms with Crippen LogP contribution < -0.4 is 5.32 Å². The van der Waals surface area contributed by atoms with Crippen LogP contribution in [0.25, 0.3) is 0 Å². The molecule has 0 aliphatic heterocycles. The van der Waals surface area contributed by atoms with E-state index in [1.165, 1.54) is 55.3 Å². The first-order chi connectivity index (χ1) is 8.65. The fourth-order valence-electron chi connectivity index (χ4n) is 3.29. The highest BCUT2D eigenvalue weighted by Crippen LogP contribution is 2.40. The van der Waals surface area contributed by atoms with Gasteiger partial charge in [-0.15, -0.1) is 0 Å². The molecule has 0 heterocycles. The molecule has 1 aromatic rings. The standard InChI is InChI=1S/C17H27N/c1-4-17(9-5-6-10-17)13-18-12-16-8-7-14(2)11-15(16)3/h7-8,11,18H,4-6,9-10,12-13H2,1-3H3. The molecule has 1 nitrogen and oxygen atoms in total. The summed E-state index contributed by atoms with van der Waals surface area (Å²) < 4.78 is 0. The Morgan fingerprint density at radius 2 is 1.89 bits per heavy atom. The Hall–Kier alpha value is -0.820. The molecule has 100 valence electrons. The zero-order valence-electron chi connectivity index (χ0n) is 12.2. The molecule has 1 heteroatoms. The van der Waals surface area contributed by atoms with Gasteiger partial charge in [-0.05, 0) is 49.7 Å². The van der Waals surface area contributed by atoms with Gasteiger partial charge in [0.05, 0.1) is 0 Å². The molecule has 0 radical (unpaired) electrons. The minimum Gasteiger partial charge on any atom is -0.312 e. The van der Waals surface area contributed by atoms with Crippen LogP contribution >= 0.6 is 0 Å². The normalized spacial score (nSPS) is 18.2. The Labute approximate surface area is 112 Å². The van der Waals surface area contributed by atoms with Crippen molar-refractivity contribution < 1.29 is 0 Å². The van der Waals surface area contributed by atoms with Crippen molar-refractivity contribution in [3.8, 4) is 0 Å². The predicted octanol–water partition coefficient (Wildman–Crippen LogP) is 4.36. The van der Waals surface area contributed by atoms with E-state index in [0.29, 0.717) is 5.41 Å². The van der Waals surface area contributed by atoms with Crippen LogP contribution in [0.4, 0.5) is 0 Å². The summed E-state index contributed by atoms with van der Waals surface area (Å²) in [4.78, 5) is 0. The summed E-state index contributed by atoms with van der Waals surface area (Å²) in [5.74, 6) is 0. The summed E-state index contributed by atoms with van der Waals surface area (Å²) in [5, 5.41) is 3.70. The molecule has 2 rings (SSSR count). The van der Waals surface area contributed by atoms with Crippen molar-refractivity contribution in [2.75, 3.05) is 6.54 Å². The van der Waals surface area contributed by atoms with Crippen LogP contribution in [0.3, 0.4) is 0 Å². The lowest BCUT2D eigenvalue weighted by molar-refractivity contribution is 0.268. The Morgan fingerprint density at radius 3 is 2.50 bits per heavy atom. The molecule has 0 amide bonds. The van der Waals surface area contributed by atoms with E-state index in [2.05, 4.69) is 44.3 Å². The third-order valence-electron chi connectivity index (χ3n) is 4.73. The van der Waals surface area contributed by atoms with Crippen LogP contribution in [0, 0.1) is 19.3 Å². The van der Waals surface area contributed by atoms with Crippen molar-refractivity contribution in [1.82, 2.24) is 5.32 Å². The lowest BCUT2D eigenvalue weighted by atomic mass is 9.83. The second-order valence-electron chi connectivity index (χ2n) is 6.09. The van der Waals surface area contributed by atoms with E-state index < -0.39 is 0 Å². The van der Waals surface area contributed by atoms with Gasteiger partial charge in [-0.3, -0.25) is 0 Å². The highest BCUT2D eigenvalue weighted by Gasteiger charge is 2.31. The van der Waals surface area contributed by atoms with E-state index in [9.17, 15) is 0 Å². The van der Waals surface area contributed by atoms with E-state index in [4.69, 9.17) is 0 Å². The van der Waals surface area contributed by atoms with Crippen LogP contribution in [0.2, 0.25) is 0 Å². The molecule has 1 aliphatic carbocycles. The molecule has 0 unspecified atom stereocenters. The molecular weight excluding hydrogens is 218 g/mol. The molecule has 0 atom stereocenters. The average Bonchev–Trinajstić information content (AvgIpc) is 2.81. The van der Waals surface area contributed by atoms with Gasteiger partial charge in [0.25, 0.3) is 0 Å². The molecule has 0 spiro atoms. The molecule has 1 aliphatic rings. The maximum atomic E-state index is 3.70. The van der Waals surface area contributed by atoms with Crippen molar-refractivity contribution in [2.24, 2.45) is 5.41 Å². The van der Waals surface area contributed by atoms with Crippen molar-refractivity contribution in [3.63, 3.8) is 0 Å². The van der Waals surface area contributed by atoms with Crippen LogP contribution in [0.5, 0.6) is 0 Å². The van der Waals surface area contributed by atoms with Crippen LogP contribution in [-0.4, -0.2) is 6.54 Å². The summed E-state index contributed by atoms with van der Waals surface area (Å²) in [6.45, 7) is 8.94. The molecule has 1 aromatic carbocycles. The van der Waals surface area contributed by atoms with Gasteiger partial charge in [0.2, 0.25) is 0 Å². The summed E-state index contributed by atoms with van der Waals surface area (Å²) in [6.07, 6.45) is 7.03. The first kappa shape index (κ1) is 13.6. The molecular formula is C17H27N. The topological polar surface area (TPSA) is 12.0 Å². The Morgan fingerprint density at radius 1 is 1.17 bits per heavy atom. The van der Waals surface area contributed by atoms with Gasteiger partial charge >= 0.3 is 0 Å².